The van der Waals surface area contributed by atoms with Gasteiger partial charge in [-0.05, 0) is 50.3 Å². The Labute approximate surface area is 116 Å². The highest BCUT2D eigenvalue weighted by molar-refractivity contribution is 5.49. The fourth-order valence-corrected chi connectivity index (χ4v) is 2.56. The van der Waals surface area contributed by atoms with Gasteiger partial charge in [0, 0.05) is 31.4 Å². The molecule has 1 aromatic rings. The molecular weight excluding hydrogens is 236 g/mol. The molecule has 1 aliphatic carbocycles. The number of methoxy groups -OCH3 is 1. The Balaban J connectivity index is 2.11. The topological polar surface area (TPSA) is 38.5 Å². The second-order valence-corrected chi connectivity index (χ2v) is 5.64. The summed E-state index contributed by atoms with van der Waals surface area (Å²) in [5.41, 5.74) is 8.37. The van der Waals surface area contributed by atoms with E-state index in [1.165, 1.54) is 24.1 Å². The van der Waals surface area contributed by atoms with Crippen LogP contribution in [0.15, 0.2) is 24.3 Å². The highest BCUT2D eigenvalue weighted by atomic mass is 16.5. The smallest absolute Gasteiger partial charge is 0.0637 e. The molecule has 0 aliphatic heterocycles. The van der Waals surface area contributed by atoms with E-state index in [9.17, 15) is 0 Å². The van der Waals surface area contributed by atoms with Crippen LogP contribution in [0, 0.1) is 5.92 Å². The van der Waals surface area contributed by atoms with Gasteiger partial charge < -0.3 is 15.4 Å². The van der Waals surface area contributed by atoms with Crippen LogP contribution in [0.5, 0.6) is 0 Å². The summed E-state index contributed by atoms with van der Waals surface area (Å²) in [6.07, 6.45) is 2.73. The standard InChI is InChI=1S/C16H26N2O/c1-12(17)14-6-8-16(9-7-14)18(10-11-19-3)13(2)15-4-5-15/h6-9,12-13,15H,4-5,10-11,17H2,1-3H3/t12-,13?/m0/s1. The first-order chi connectivity index (χ1) is 9.13. The van der Waals surface area contributed by atoms with Crippen LogP contribution < -0.4 is 10.6 Å². The number of nitrogens with zero attached hydrogens (tertiary/aromatic N) is 1. The van der Waals surface area contributed by atoms with Crippen LogP contribution in [0.4, 0.5) is 5.69 Å². The maximum Gasteiger partial charge on any atom is 0.0637 e. The van der Waals surface area contributed by atoms with E-state index in [-0.39, 0.29) is 6.04 Å². The average molecular weight is 262 g/mol. The van der Waals surface area contributed by atoms with Crippen molar-refractivity contribution < 1.29 is 4.74 Å². The third-order valence-electron chi connectivity index (χ3n) is 4.08. The van der Waals surface area contributed by atoms with Gasteiger partial charge in [0.05, 0.1) is 6.61 Å². The van der Waals surface area contributed by atoms with Crippen LogP contribution in [-0.2, 0) is 4.74 Å². The predicted octanol–water partition coefficient (Wildman–Crippen LogP) is 2.96. The molecule has 3 nitrogen and oxygen atoms in total. The first-order valence-corrected chi connectivity index (χ1v) is 7.24. The molecule has 106 valence electrons. The molecule has 2 atom stereocenters. The summed E-state index contributed by atoms with van der Waals surface area (Å²) in [6.45, 7) is 6.06. The fraction of sp³-hybridized carbons (Fsp3) is 0.625. The fourth-order valence-electron chi connectivity index (χ4n) is 2.56. The molecule has 0 amide bonds. The molecule has 1 unspecified atom stereocenters. The molecule has 3 heteroatoms. The summed E-state index contributed by atoms with van der Waals surface area (Å²) in [6, 6.07) is 9.35. The highest BCUT2D eigenvalue weighted by Crippen LogP contribution is 2.36. The molecule has 0 bridgehead atoms. The van der Waals surface area contributed by atoms with Gasteiger partial charge in [-0.15, -0.1) is 0 Å². The van der Waals surface area contributed by atoms with E-state index in [0.717, 1.165) is 19.1 Å². The van der Waals surface area contributed by atoms with E-state index < -0.39 is 0 Å². The zero-order valence-corrected chi connectivity index (χ0v) is 12.3. The Bertz CT molecular complexity index is 384. The van der Waals surface area contributed by atoms with Crippen LogP contribution >= 0.6 is 0 Å². The number of hydrogen-bond donors (Lipinski definition) is 1. The summed E-state index contributed by atoms with van der Waals surface area (Å²) >= 11 is 0. The highest BCUT2D eigenvalue weighted by Gasteiger charge is 2.32. The zero-order valence-electron chi connectivity index (χ0n) is 12.3. The minimum atomic E-state index is 0.0994. The van der Waals surface area contributed by atoms with Crippen molar-refractivity contribution in [2.24, 2.45) is 11.7 Å². The van der Waals surface area contributed by atoms with Crippen LogP contribution in [0.2, 0.25) is 0 Å². The van der Waals surface area contributed by atoms with Gasteiger partial charge in [0.1, 0.15) is 0 Å². The van der Waals surface area contributed by atoms with Crippen molar-refractivity contribution in [2.45, 2.75) is 38.8 Å². The monoisotopic (exact) mass is 262 g/mol. The van der Waals surface area contributed by atoms with Gasteiger partial charge in [-0.1, -0.05) is 12.1 Å². The quantitative estimate of drug-likeness (QED) is 0.821. The lowest BCUT2D eigenvalue weighted by Gasteiger charge is -2.31. The van der Waals surface area contributed by atoms with Gasteiger partial charge in [0.2, 0.25) is 0 Å². The van der Waals surface area contributed by atoms with E-state index in [0.29, 0.717) is 6.04 Å². The van der Waals surface area contributed by atoms with Gasteiger partial charge >= 0.3 is 0 Å². The lowest BCUT2D eigenvalue weighted by Crippen LogP contribution is -2.37. The van der Waals surface area contributed by atoms with Crippen LogP contribution in [0.25, 0.3) is 0 Å². The Morgan fingerprint density at radius 1 is 1.26 bits per heavy atom. The normalized spacial score (nSPS) is 18.1. The summed E-state index contributed by atoms with van der Waals surface area (Å²) < 4.78 is 5.24. The molecule has 0 spiro atoms. The molecular formula is C16H26N2O. The Kier molecular flexibility index (Phi) is 4.83. The van der Waals surface area contributed by atoms with Gasteiger partial charge in [-0.25, -0.2) is 0 Å². The molecule has 1 saturated carbocycles. The number of anilines is 1. The number of benzene rings is 1. The van der Waals surface area contributed by atoms with E-state index in [4.69, 9.17) is 10.5 Å². The van der Waals surface area contributed by atoms with E-state index in [2.05, 4.69) is 36.1 Å². The molecule has 0 aromatic heterocycles. The van der Waals surface area contributed by atoms with Crippen molar-refractivity contribution in [1.29, 1.82) is 0 Å². The second kappa shape index (κ2) is 6.40. The predicted molar refractivity (Wildman–Crippen MR) is 80.5 cm³/mol. The summed E-state index contributed by atoms with van der Waals surface area (Å²) in [5.74, 6) is 0.852. The van der Waals surface area contributed by atoms with Crippen molar-refractivity contribution in [3.8, 4) is 0 Å². The first-order valence-electron chi connectivity index (χ1n) is 7.24. The average Bonchev–Trinajstić information content (AvgIpc) is 3.23. The van der Waals surface area contributed by atoms with E-state index in [1.807, 2.05) is 6.92 Å². The minimum Gasteiger partial charge on any atom is -0.383 e. The molecule has 0 radical (unpaired) electrons. The largest absolute Gasteiger partial charge is 0.383 e. The van der Waals surface area contributed by atoms with Crippen molar-refractivity contribution in [3.05, 3.63) is 29.8 Å². The third-order valence-corrected chi connectivity index (χ3v) is 4.08. The van der Waals surface area contributed by atoms with Gasteiger partial charge in [-0.2, -0.15) is 0 Å². The lowest BCUT2D eigenvalue weighted by atomic mass is 10.1. The van der Waals surface area contributed by atoms with E-state index in [1.54, 1.807) is 7.11 Å². The van der Waals surface area contributed by atoms with Crippen molar-refractivity contribution in [1.82, 2.24) is 0 Å². The van der Waals surface area contributed by atoms with Gasteiger partial charge in [0.25, 0.3) is 0 Å². The van der Waals surface area contributed by atoms with Gasteiger partial charge in [0.15, 0.2) is 0 Å². The molecule has 1 aliphatic rings. The van der Waals surface area contributed by atoms with Gasteiger partial charge in [-0.3, -0.25) is 0 Å². The molecule has 0 saturated heterocycles. The van der Waals surface area contributed by atoms with Crippen molar-refractivity contribution in [3.63, 3.8) is 0 Å². The number of ether oxygens (including phenoxy) is 1. The summed E-state index contributed by atoms with van der Waals surface area (Å²) in [7, 11) is 1.76. The summed E-state index contributed by atoms with van der Waals surface area (Å²) in [4.78, 5) is 2.46. The first kappa shape index (κ1) is 14.4. The number of rotatable bonds is 7. The Morgan fingerprint density at radius 3 is 2.37 bits per heavy atom. The molecule has 1 aromatic carbocycles. The van der Waals surface area contributed by atoms with Crippen LogP contribution in [-0.4, -0.2) is 26.3 Å². The van der Waals surface area contributed by atoms with Crippen LogP contribution in [0.1, 0.15) is 38.3 Å². The molecule has 1 fully saturated rings. The zero-order chi connectivity index (χ0) is 13.8. The molecule has 2 N–H and O–H groups in total. The summed E-state index contributed by atoms with van der Waals surface area (Å²) in [5, 5.41) is 0. The number of hydrogen-bond acceptors (Lipinski definition) is 3. The minimum absolute atomic E-state index is 0.0994. The Morgan fingerprint density at radius 2 is 1.89 bits per heavy atom. The maximum absolute atomic E-state index is 5.90. The SMILES string of the molecule is COCCN(c1ccc([C@H](C)N)cc1)C(C)C1CC1. The lowest BCUT2D eigenvalue weighted by molar-refractivity contribution is 0.202. The second-order valence-electron chi connectivity index (χ2n) is 5.64. The third kappa shape index (κ3) is 3.71. The van der Waals surface area contributed by atoms with Crippen molar-refractivity contribution in [2.75, 3.05) is 25.2 Å². The molecule has 19 heavy (non-hydrogen) atoms. The maximum atomic E-state index is 5.90. The molecule has 2 rings (SSSR count). The number of nitrogens with two attached hydrogens (primary N) is 1. The van der Waals surface area contributed by atoms with Crippen molar-refractivity contribution >= 4 is 5.69 Å². The van der Waals surface area contributed by atoms with E-state index >= 15 is 0 Å². The molecule has 0 heterocycles. The Hall–Kier alpha value is -1.06. The van der Waals surface area contributed by atoms with Crippen LogP contribution in [0.3, 0.4) is 0 Å².